The number of carbonyl (C=O) groups excluding carboxylic acids is 1. The molecule has 0 saturated carbocycles. The highest BCUT2D eigenvalue weighted by atomic mass is 16.1. The Labute approximate surface area is 67.8 Å². The molecule has 0 unspecified atom stereocenters. The Bertz CT molecular complexity index is 136. The van der Waals surface area contributed by atoms with Crippen molar-refractivity contribution in [1.82, 2.24) is 10.2 Å². The van der Waals surface area contributed by atoms with E-state index in [0.29, 0.717) is 6.42 Å². The topological polar surface area (TPSA) is 32.3 Å². The summed E-state index contributed by atoms with van der Waals surface area (Å²) in [4.78, 5) is 13.2. The van der Waals surface area contributed by atoms with Crippen LogP contribution in [-0.4, -0.2) is 37.5 Å². The van der Waals surface area contributed by atoms with Crippen molar-refractivity contribution in [2.45, 2.75) is 19.3 Å². The fourth-order valence-electron chi connectivity index (χ4n) is 1.25. The molecule has 1 N–H and O–H groups in total. The summed E-state index contributed by atoms with van der Waals surface area (Å²) in [5, 5.41) is 2.87. The lowest BCUT2D eigenvalue weighted by Crippen LogP contribution is -2.31. The summed E-state index contributed by atoms with van der Waals surface area (Å²) in [7, 11) is 2.09. The lowest BCUT2D eigenvalue weighted by molar-refractivity contribution is -0.121. The Kier molecular flexibility index (Phi) is 3.36. The van der Waals surface area contributed by atoms with Crippen LogP contribution in [0.1, 0.15) is 19.3 Å². The molecule has 1 aliphatic heterocycles. The van der Waals surface area contributed by atoms with Crippen LogP contribution in [-0.2, 0) is 4.79 Å². The van der Waals surface area contributed by atoms with Gasteiger partial charge in [-0.1, -0.05) is 0 Å². The molecule has 1 saturated heterocycles. The minimum Gasteiger partial charge on any atom is -0.355 e. The van der Waals surface area contributed by atoms with Crippen LogP contribution in [0.5, 0.6) is 0 Å². The van der Waals surface area contributed by atoms with E-state index >= 15 is 0 Å². The third kappa shape index (κ3) is 3.37. The van der Waals surface area contributed by atoms with Crippen LogP contribution in [0, 0.1) is 0 Å². The SMILES string of the molecule is CN1CCCCC(=O)NCC1. The van der Waals surface area contributed by atoms with Crippen LogP contribution in [0.25, 0.3) is 0 Å². The predicted octanol–water partition coefficient (Wildman–Crippen LogP) is 0.218. The normalized spacial score (nSPS) is 23.2. The van der Waals surface area contributed by atoms with E-state index in [-0.39, 0.29) is 5.91 Å². The molecule has 64 valence electrons. The summed E-state index contributed by atoms with van der Waals surface area (Å²) < 4.78 is 0. The van der Waals surface area contributed by atoms with E-state index in [1.165, 1.54) is 0 Å². The summed E-state index contributed by atoms with van der Waals surface area (Å²) in [5.74, 6) is 0.209. The summed E-state index contributed by atoms with van der Waals surface area (Å²) in [6.07, 6.45) is 2.87. The van der Waals surface area contributed by atoms with Gasteiger partial charge in [0.25, 0.3) is 0 Å². The molecule has 0 aromatic rings. The summed E-state index contributed by atoms with van der Waals surface area (Å²) in [5.41, 5.74) is 0. The molecular weight excluding hydrogens is 140 g/mol. The number of rotatable bonds is 0. The first-order valence-corrected chi connectivity index (χ1v) is 4.24. The molecule has 1 amide bonds. The largest absolute Gasteiger partial charge is 0.355 e. The van der Waals surface area contributed by atoms with E-state index in [2.05, 4.69) is 17.3 Å². The molecule has 1 heterocycles. The fraction of sp³-hybridized carbons (Fsp3) is 0.875. The summed E-state index contributed by atoms with van der Waals surface area (Å²) in [6, 6.07) is 0. The first kappa shape index (κ1) is 8.53. The Balaban J connectivity index is 2.29. The van der Waals surface area contributed by atoms with E-state index < -0.39 is 0 Å². The molecule has 1 rings (SSSR count). The molecule has 0 aromatic heterocycles. The second kappa shape index (κ2) is 4.34. The number of amides is 1. The number of nitrogens with zero attached hydrogens (tertiary/aromatic N) is 1. The highest BCUT2D eigenvalue weighted by Gasteiger charge is 2.05. The molecule has 11 heavy (non-hydrogen) atoms. The minimum absolute atomic E-state index is 0.209. The molecule has 1 aliphatic rings. The Morgan fingerprint density at radius 1 is 1.36 bits per heavy atom. The molecule has 0 atom stereocenters. The Hall–Kier alpha value is -0.570. The maximum absolute atomic E-state index is 11.0. The number of hydrogen-bond acceptors (Lipinski definition) is 2. The highest BCUT2D eigenvalue weighted by Crippen LogP contribution is 1.99. The number of likely N-dealkylation sites (N-methyl/N-ethyl adjacent to an activating group) is 1. The lowest BCUT2D eigenvalue weighted by Gasteiger charge is -2.13. The lowest BCUT2D eigenvalue weighted by atomic mass is 10.2. The van der Waals surface area contributed by atoms with Crippen LogP contribution in [0.3, 0.4) is 0 Å². The molecule has 0 aromatic carbocycles. The second-order valence-corrected chi connectivity index (χ2v) is 3.11. The van der Waals surface area contributed by atoms with Gasteiger partial charge in [0, 0.05) is 19.5 Å². The molecule has 3 nitrogen and oxygen atoms in total. The molecule has 0 aliphatic carbocycles. The van der Waals surface area contributed by atoms with Crippen molar-refractivity contribution >= 4 is 5.91 Å². The van der Waals surface area contributed by atoms with Gasteiger partial charge in [0.2, 0.25) is 5.91 Å². The van der Waals surface area contributed by atoms with Gasteiger partial charge in [0.05, 0.1) is 0 Å². The zero-order valence-electron chi connectivity index (χ0n) is 7.10. The molecule has 0 spiro atoms. The van der Waals surface area contributed by atoms with E-state index in [9.17, 15) is 4.79 Å². The highest BCUT2D eigenvalue weighted by molar-refractivity contribution is 5.75. The maximum atomic E-state index is 11.0. The van der Waals surface area contributed by atoms with Crippen molar-refractivity contribution in [3.63, 3.8) is 0 Å². The number of nitrogens with one attached hydrogen (secondary N) is 1. The average molecular weight is 156 g/mol. The van der Waals surface area contributed by atoms with E-state index in [4.69, 9.17) is 0 Å². The van der Waals surface area contributed by atoms with Crippen molar-refractivity contribution in [2.24, 2.45) is 0 Å². The number of carbonyl (C=O) groups is 1. The number of hydrogen-bond donors (Lipinski definition) is 1. The van der Waals surface area contributed by atoms with Gasteiger partial charge in [-0.2, -0.15) is 0 Å². The van der Waals surface area contributed by atoms with Crippen molar-refractivity contribution in [1.29, 1.82) is 0 Å². The maximum Gasteiger partial charge on any atom is 0.220 e. The molecule has 3 heteroatoms. The first-order valence-electron chi connectivity index (χ1n) is 4.24. The van der Waals surface area contributed by atoms with Crippen LogP contribution < -0.4 is 5.32 Å². The Morgan fingerprint density at radius 2 is 2.18 bits per heavy atom. The minimum atomic E-state index is 0.209. The van der Waals surface area contributed by atoms with E-state index in [1.54, 1.807) is 0 Å². The van der Waals surface area contributed by atoms with Gasteiger partial charge in [0.1, 0.15) is 0 Å². The standard InChI is InChI=1S/C8H16N2O/c1-10-6-3-2-4-8(11)9-5-7-10/h2-7H2,1H3,(H,9,11). The smallest absolute Gasteiger partial charge is 0.220 e. The zero-order chi connectivity index (χ0) is 8.10. The van der Waals surface area contributed by atoms with E-state index in [1.807, 2.05) is 0 Å². The van der Waals surface area contributed by atoms with Gasteiger partial charge < -0.3 is 10.2 Å². The van der Waals surface area contributed by atoms with Gasteiger partial charge in [-0.15, -0.1) is 0 Å². The third-order valence-electron chi connectivity index (χ3n) is 2.01. The van der Waals surface area contributed by atoms with Crippen LogP contribution in [0.2, 0.25) is 0 Å². The van der Waals surface area contributed by atoms with Gasteiger partial charge in [-0.3, -0.25) is 4.79 Å². The monoisotopic (exact) mass is 156 g/mol. The Morgan fingerprint density at radius 3 is 3.00 bits per heavy atom. The molecule has 0 radical (unpaired) electrons. The first-order chi connectivity index (χ1) is 5.29. The van der Waals surface area contributed by atoms with Gasteiger partial charge in [0.15, 0.2) is 0 Å². The predicted molar refractivity (Wildman–Crippen MR) is 44.4 cm³/mol. The van der Waals surface area contributed by atoms with Crippen LogP contribution in [0.15, 0.2) is 0 Å². The summed E-state index contributed by atoms with van der Waals surface area (Å²) >= 11 is 0. The van der Waals surface area contributed by atoms with Crippen molar-refractivity contribution in [3.8, 4) is 0 Å². The quantitative estimate of drug-likeness (QED) is 0.544. The van der Waals surface area contributed by atoms with Crippen molar-refractivity contribution < 1.29 is 4.79 Å². The fourth-order valence-corrected chi connectivity index (χ4v) is 1.25. The van der Waals surface area contributed by atoms with E-state index in [0.717, 1.165) is 32.5 Å². The average Bonchev–Trinajstić information content (AvgIpc) is 2.04. The zero-order valence-corrected chi connectivity index (χ0v) is 7.10. The summed E-state index contributed by atoms with van der Waals surface area (Å²) in [6.45, 7) is 2.90. The van der Waals surface area contributed by atoms with Crippen molar-refractivity contribution in [2.75, 3.05) is 26.7 Å². The molecule has 1 fully saturated rings. The molecule has 0 bridgehead atoms. The van der Waals surface area contributed by atoms with Crippen LogP contribution in [0.4, 0.5) is 0 Å². The van der Waals surface area contributed by atoms with Gasteiger partial charge in [-0.25, -0.2) is 0 Å². The van der Waals surface area contributed by atoms with Gasteiger partial charge >= 0.3 is 0 Å². The van der Waals surface area contributed by atoms with Crippen LogP contribution >= 0.6 is 0 Å². The van der Waals surface area contributed by atoms with Gasteiger partial charge in [-0.05, 0) is 26.4 Å². The third-order valence-corrected chi connectivity index (χ3v) is 2.01. The van der Waals surface area contributed by atoms with Crippen molar-refractivity contribution in [3.05, 3.63) is 0 Å². The molecular formula is C8H16N2O. The second-order valence-electron chi connectivity index (χ2n) is 3.11.